The second-order valence-electron chi connectivity index (χ2n) is 4.11. The van der Waals surface area contributed by atoms with Crippen molar-refractivity contribution in [2.75, 3.05) is 13.6 Å². The largest absolute Gasteiger partial charge is 0.326 e. The van der Waals surface area contributed by atoms with E-state index >= 15 is 0 Å². The lowest BCUT2D eigenvalue weighted by atomic mass is 10.1. The summed E-state index contributed by atoms with van der Waals surface area (Å²) in [6, 6.07) is 8.57. The van der Waals surface area contributed by atoms with Gasteiger partial charge in [-0.2, -0.15) is 0 Å². The van der Waals surface area contributed by atoms with Crippen LogP contribution in [0, 0.1) is 0 Å². The Bertz CT molecular complexity index is 266. The molecule has 0 unspecified atom stereocenters. The lowest BCUT2D eigenvalue weighted by Gasteiger charge is -2.16. The topological polar surface area (TPSA) is 29.3 Å². The van der Waals surface area contributed by atoms with Crippen LogP contribution in [0.5, 0.6) is 0 Å². The Labute approximate surface area is 93.1 Å². The molecular weight excluding hydrogens is 184 g/mol. The molecule has 84 valence electrons. The smallest absolute Gasteiger partial charge is 0.0230 e. The molecule has 0 aromatic heterocycles. The fourth-order valence-corrected chi connectivity index (χ4v) is 1.60. The fourth-order valence-electron chi connectivity index (χ4n) is 1.60. The number of rotatable bonds is 6. The molecule has 0 atom stereocenters. The minimum absolute atomic E-state index is 0.631. The Morgan fingerprint density at radius 2 is 1.73 bits per heavy atom. The zero-order valence-electron chi connectivity index (χ0n) is 9.87. The normalized spacial score (nSPS) is 10.9. The van der Waals surface area contributed by atoms with Crippen molar-refractivity contribution in [2.45, 2.75) is 32.9 Å². The van der Waals surface area contributed by atoms with Crippen molar-refractivity contribution in [1.29, 1.82) is 0 Å². The van der Waals surface area contributed by atoms with Crippen molar-refractivity contribution >= 4 is 0 Å². The van der Waals surface area contributed by atoms with Crippen LogP contribution in [0.25, 0.3) is 0 Å². The van der Waals surface area contributed by atoms with E-state index in [0.717, 1.165) is 6.54 Å². The summed E-state index contributed by atoms with van der Waals surface area (Å²) in [5.41, 5.74) is 8.13. The minimum atomic E-state index is 0.631. The molecule has 0 aliphatic rings. The molecule has 2 N–H and O–H groups in total. The maximum Gasteiger partial charge on any atom is 0.0230 e. The van der Waals surface area contributed by atoms with Crippen LogP contribution < -0.4 is 5.73 Å². The van der Waals surface area contributed by atoms with Crippen molar-refractivity contribution in [3.63, 3.8) is 0 Å². The predicted molar refractivity (Wildman–Crippen MR) is 65.6 cm³/mol. The zero-order chi connectivity index (χ0) is 11.1. The number of benzene rings is 1. The first-order valence-corrected chi connectivity index (χ1v) is 5.72. The second kappa shape index (κ2) is 6.59. The summed E-state index contributed by atoms with van der Waals surface area (Å²) in [6.07, 6.45) is 2.54. The number of hydrogen-bond acceptors (Lipinski definition) is 2. The van der Waals surface area contributed by atoms with E-state index in [0.29, 0.717) is 6.54 Å². The third-order valence-corrected chi connectivity index (χ3v) is 2.60. The molecule has 2 heteroatoms. The summed E-state index contributed by atoms with van der Waals surface area (Å²) in [4.78, 5) is 2.36. The van der Waals surface area contributed by atoms with E-state index in [1.54, 1.807) is 0 Å². The predicted octanol–water partition coefficient (Wildman–Crippen LogP) is 2.38. The molecule has 0 aliphatic heterocycles. The highest BCUT2D eigenvalue weighted by molar-refractivity contribution is 5.22. The van der Waals surface area contributed by atoms with Crippen LogP contribution in [0.4, 0.5) is 0 Å². The first-order chi connectivity index (χ1) is 7.26. The molecule has 2 nitrogen and oxygen atoms in total. The van der Waals surface area contributed by atoms with Crippen LogP contribution in [0.2, 0.25) is 0 Å². The molecule has 0 spiro atoms. The fraction of sp³-hybridized carbons (Fsp3) is 0.538. The van der Waals surface area contributed by atoms with Crippen molar-refractivity contribution in [1.82, 2.24) is 4.90 Å². The van der Waals surface area contributed by atoms with Crippen molar-refractivity contribution in [3.05, 3.63) is 35.4 Å². The van der Waals surface area contributed by atoms with Gasteiger partial charge in [0.05, 0.1) is 0 Å². The first-order valence-electron chi connectivity index (χ1n) is 5.72. The van der Waals surface area contributed by atoms with Gasteiger partial charge in [-0.1, -0.05) is 37.6 Å². The maximum absolute atomic E-state index is 5.56. The van der Waals surface area contributed by atoms with Gasteiger partial charge in [-0.15, -0.1) is 0 Å². The minimum Gasteiger partial charge on any atom is -0.326 e. The molecule has 1 aromatic carbocycles. The average molecular weight is 206 g/mol. The maximum atomic E-state index is 5.56. The molecule has 0 bridgehead atoms. The summed E-state index contributed by atoms with van der Waals surface area (Å²) in [6.45, 7) is 5.07. The number of nitrogens with zero attached hydrogens (tertiary/aromatic N) is 1. The van der Waals surface area contributed by atoms with Crippen LogP contribution >= 0.6 is 0 Å². The van der Waals surface area contributed by atoms with Gasteiger partial charge in [0.15, 0.2) is 0 Å². The SMILES string of the molecule is CCCCN(C)Cc1ccc(CN)cc1. The van der Waals surface area contributed by atoms with E-state index in [4.69, 9.17) is 5.73 Å². The number of nitrogens with two attached hydrogens (primary N) is 1. The van der Waals surface area contributed by atoms with Gasteiger partial charge in [-0.05, 0) is 31.1 Å². The molecular formula is C13H22N2. The van der Waals surface area contributed by atoms with Crippen LogP contribution in [0.3, 0.4) is 0 Å². The van der Waals surface area contributed by atoms with Gasteiger partial charge >= 0.3 is 0 Å². The van der Waals surface area contributed by atoms with E-state index in [-0.39, 0.29) is 0 Å². The molecule has 0 fully saturated rings. The standard InChI is InChI=1S/C13H22N2/c1-3-4-9-15(2)11-13-7-5-12(10-14)6-8-13/h5-8H,3-4,9-11,14H2,1-2H3. The van der Waals surface area contributed by atoms with Gasteiger partial charge in [0.25, 0.3) is 0 Å². The molecule has 1 aromatic rings. The molecule has 15 heavy (non-hydrogen) atoms. The highest BCUT2D eigenvalue weighted by atomic mass is 15.1. The van der Waals surface area contributed by atoms with E-state index in [2.05, 4.69) is 43.1 Å². The monoisotopic (exact) mass is 206 g/mol. The average Bonchev–Trinajstić information content (AvgIpc) is 2.27. The van der Waals surface area contributed by atoms with E-state index in [9.17, 15) is 0 Å². The molecule has 0 saturated heterocycles. The Morgan fingerprint density at radius 3 is 2.27 bits per heavy atom. The lowest BCUT2D eigenvalue weighted by molar-refractivity contribution is 0.321. The van der Waals surface area contributed by atoms with Crippen molar-refractivity contribution in [2.24, 2.45) is 5.73 Å². The van der Waals surface area contributed by atoms with Crippen LogP contribution in [-0.2, 0) is 13.1 Å². The lowest BCUT2D eigenvalue weighted by Crippen LogP contribution is -2.18. The van der Waals surface area contributed by atoms with E-state index in [1.807, 2.05) is 0 Å². The Balaban J connectivity index is 2.42. The zero-order valence-corrected chi connectivity index (χ0v) is 9.87. The molecule has 1 rings (SSSR count). The van der Waals surface area contributed by atoms with Gasteiger partial charge in [-0.3, -0.25) is 0 Å². The molecule has 0 aliphatic carbocycles. The van der Waals surface area contributed by atoms with Gasteiger partial charge < -0.3 is 10.6 Å². The molecule has 0 heterocycles. The Kier molecular flexibility index (Phi) is 5.37. The van der Waals surface area contributed by atoms with Crippen LogP contribution in [0.1, 0.15) is 30.9 Å². The third kappa shape index (κ3) is 4.45. The summed E-state index contributed by atoms with van der Waals surface area (Å²) in [7, 11) is 2.17. The van der Waals surface area contributed by atoms with Gasteiger partial charge in [-0.25, -0.2) is 0 Å². The van der Waals surface area contributed by atoms with Crippen LogP contribution in [0.15, 0.2) is 24.3 Å². The summed E-state index contributed by atoms with van der Waals surface area (Å²) >= 11 is 0. The molecule has 0 amide bonds. The summed E-state index contributed by atoms with van der Waals surface area (Å²) in [5, 5.41) is 0. The van der Waals surface area contributed by atoms with Crippen LogP contribution in [-0.4, -0.2) is 18.5 Å². The highest BCUT2D eigenvalue weighted by Gasteiger charge is 1.99. The van der Waals surface area contributed by atoms with Crippen molar-refractivity contribution in [3.8, 4) is 0 Å². The number of hydrogen-bond donors (Lipinski definition) is 1. The summed E-state index contributed by atoms with van der Waals surface area (Å²) < 4.78 is 0. The summed E-state index contributed by atoms with van der Waals surface area (Å²) in [5.74, 6) is 0. The Morgan fingerprint density at radius 1 is 1.13 bits per heavy atom. The van der Waals surface area contributed by atoms with E-state index in [1.165, 1.54) is 30.5 Å². The number of unbranched alkanes of at least 4 members (excludes halogenated alkanes) is 1. The highest BCUT2D eigenvalue weighted by Crippen LogP contribution is 2.06. The first kappa shape index (κ1) is 12.2. The quantitative estimate of drug-likeness (QED) is 0.774. The second-order valence-corrected chi connectivity index (χ2v) is 4.11. The van der Waals surface area contributed by atoms with Crippen molar-refractivity contribution < 1.29 is 0 Å². The van der Waals surface area contributed by atoms with Gasteiger partial charge in [0, 0.05) is 13.1 Å². The van der Waals surface area contributed by atoms with Gasteiger partial charge in [0.1, 0.15) is 0 Å². The Hall–Kier alpha value is -0.860. The third-order valence-electron chi connectivity index (χ3n) is 2.60. The van der Waals surface area contributed by atoms with Gasteiger partial charge in [0.2, 0.25) is 0 Å². The van der Waals surface area contributed by atoms with E-state index < -0.39 is 0 Å². The molecule has 0 saturated carbocycles. The molecule has 0 radical (unpaired) electrons.